The average molecular weight is 358 g/mol. The first-order chi connectivity index (χ1) is 12.2. The Morgan fingerprint density at radius 1 is 1.12 bits per heavy atom. The number of para-hydroxylation sites is 1. The molecule has 2 atom stereocenters. The van der Waals surface area contributed by atoms with Crippen LogP contribution in [0.15, 0.2) is 30.3 Å². The highest BCUT2D eigenvalue weighted by Crippen LogP contribution is 2.37. The van der Waals surface area contributed by atoms with Crippen molar-refractivity contribution in [1.29, 1.82) is 0 Å². The topological polar surface area (TPSA) is 38.1 Å². The summed E-state index contributed by atoms with van der Waals surface area (Å²) in [6, 6.07) is 10.1. The van der Waals surface area contributed by atoms with Crippen LogP contribution in [0.4, 0.5) is 0 Å². The lowest BCUT2D eigenvalue weighted by atomic mass is 9.78. The van der Waals surface area contributed by atoms with Gasteiger partial charge in [-0.05, 0) is 50.7 Å². The monoisotopic (exact) mass is 357 g/mol. The van der Waals surface area contributed by atoms with Gasteiger partial charge in [-0.1, -0.05) is 42.6 Å². The Bertz CT molecular complexity index is 769. The molecule has 2 aromatic rings. The number of halogens is 1. The van der Waals surface area contributed by atoms with Crippen LogP contribution in [0.25, 0.3) is 5.69 Å². The first-order valence-corrected chi connectivity index (χ1v) is 9.66. The fourth-order valence-electron chi connectivity index (χ4n) is 4.50. The van der Waals surface area contributed by atoms with Gasteiger partial charge in [-0.2, -0.15) is 5.10 Å². The molecule has 1 aromatic heterocycles. The smallest absolute Gasteiger partial charge is 0.259 e. The molecule has 1 aliphatic heterocycles. The van der Waals surface area contributed by atoms with E-state index in [1.807, 2.05) is 37.3 Å². The molecule has 0 unspecified atom stereocenters. The van der Waals surface area contributed by atoms with Crippen LogP contribution in [0.2, 0.25) is 5.15 Å². The maximum atomic E-state index is 13.3. The van der Waals surface area contributed by atoms with Crippen molar-refractivity contribution in [2.24, 2.45) is 5.92 Å². The van der Waals surface area contributed by atoms with E-state index in [1.54, 1.807) is 4.68 Å². The number of piperidine rings is 1. The molecular weight excluding hydrogens is 334 g/mol. The summed E-state index contributed by atoms with van der Waals surface area (Å²) in [6.07, 6.45) is 7.25. The van der Waals surface area contributed by atoms with E-state index in [4.69, 9.17) is 11.6 Å². The van der Waals surface area contributed by atoms with Crippen molar-refractivity contribution in [3.8, 4) is 5.69 Å². The quantitative estimate of drug-likeness (QED) is 0.786. The van der Waals surface area contributed by atoms with Gasteiger partial charge < -0.3 is 4.90 Å². The first kappa shape index (κ1) is 16.6. The summed E-state index contributed by atoms with van der Waals surface area (Å²) in [5.74, 6) is 0.719. The number of fused-ring (bicyclic) bond motifs is 1. The Labute approximate surface area is 153 Å². The second kappa shape index (κ2) is 6.83. The first-order valence-electron chi connectivity index (χ1n) is 9.28. The zero-order valence-electron chi connectivity index (χ0n) is 14.6. The molecule has 4 nitrogen and oxygen atoms in total. The fraction of sp³-hybridized carbons (Fsp3) is 0.500. The van der Waals surface area contributed by atoms with E-state index in [1.165, 1.54) is 25.7 Å². The van der Waals surface area contributed by atoms with E-state index in [2.05, 4.69) is 10.00 Å². The molecule has 2 aliphatic rings. The van der Waals surface area contributed by atoms with Gasteiger partial charge in [0, 0.05) is 12.6 Å². The summed E-state index contributed by atoms with van der Waals surface area (Å²) in [4.78, 5) is 15.4. The third-order valence-electron chi connectivity index (χ3n) is 5.72. The van der Waals surface area contributed by atoms with E-state index in [0.717, 1.165) is 25.1 Å². The second-order valence-electron chi connectivity index (χ2n) is 7.25. The van der Waals surface area contributed by atoms with Gasteiger partial charge in [-0.3, -0.25) is 4.79 Å². The standard InChI is InChI=1S/C20H24ClN3O/c1-14-18(19(21)24(22-14)16-10-3-2-4-11-16)20(25)23-13-7-9-15-8-5-6-12-17(15)23/h2-4,10-11,15,17H,5-9,12-13H2,1H3/t15-,17+/m1/s1. The predicted octanol–water partition coefficient (Wildman–Crippen LogP) is 4.63. The normalized spacial score (nSPS) is 23.4. The maximum absolute atomic E-state index is 13.3. The minimum atomic E-state index is 0.0567. The summed E-state index contributed by atoms with van der Waals surface area (Å²) in [7, 11) is 0. The molecule has 0 bridgehead atoms. The molecule has 1 saturated carbocycles. The lowest BCUT2D eigenvalue weighted by Gasteiger charge is -2.44. The molecule has 4 rings (SSSR count). The zero-order valence-corrected chi connectivity index (χ0v) is 15.4. The van der Waals surface area contributed by atoms with Gasteiger partial charge >= 0.3 is 0 Å². The highest BCUT2D eigenvalue weighted by Gasteiger charge is 2.37. The largest absolute Gasteiger partial charge is 0.335 e. The number of aromatic nitrogens is 2. The van der Waals surface area contributed by atoms with Crippen LogP contribution in [0.5, 0.6) is 0 Å². The van der Waals surface area contributed by atoms with Gasteiger partial charge in [0.25, 0.3) is 5.91 Å². The van der Waals surface area contributed by atoms with Crippen molar-refractivity contribution in [2.75, 3.05) is 6.54 Å². The molecule has 25 heavy (non-hydrogen) atoms. The Morgan fingerprint density at radius 3 is 2.64 bits per heavy atom. The number of hydrogen-bond donors (Lipinski definition) is 0. The highest BCUT2D eigenvalue weighted by molar-refractivity contribution is 6.33. The number of amides is 1. The molecule has 2 fully saturated rings. The van der Waals surface area contributed by atoms with Crippen LogP contribution in [0.1, 0.15) is 54.6 Å². The minimum absolute atomic E-state index is 0.0567. The predicted molar refractivity (Wildman–Crippen MR) is 99.3 cm³/mol. The minimum Gasteiger partial charge on any atom is -0.335 e. The molecule has 5 heteroatoms. The van der Waals surface area contributed by atoms with E-state index in [9.17, 15) is 4.79 Å². The zero-order chi connectivity index (χ0) is 17.4. The number of carbonyl (C=O) groups excluding carboxylic acids is 1. The number of rotatable bonds is 2. The van der Waals surface area contributed by atoms with Gasteiger partial charge in [-0.25, -0.2) is 4.68 Å². The Morgan fingerprint density at radius 2 is 1.84 bits per heavy atom. The molecule has 1 aromatic carbocycles. The van der Waals surface area contributed by atoms with Gasteiger partial charge in [0.05, 0.1) is 16.9 Å². The van der Waals surface area contributed by atoms with Gasteiger partial charge in [-0.15, -0.1) is 0 Å². The maximum Gasteiger partial charge on any atom is 0.259 e. The number of likely N-dealkylation sites (tertiary alicyclic amines) is 1. The lowest BCUT2D eigenvalue weighted by molar-refractivity contribution is 0.0390. The SMILES string of the molecule is Cc1nn(-c2ccccc2)c(Cl)c1C(=O)N1CCC[C@H]2CCCC[C@@H]21. The number of hydrogen-bond acceptors (Lipinski definition) is 2. The van der Waals surface area contributed by atoms with Crippen molar-refractivity contribution < 1.29 is 4.79 Å². The summed E-state index contributed by atoms with van der Waals surface area (Å²) in [5, 5.41) is 4.96. The molecule has 0 radical (unpaired) electrons. The third-order valence-corrected chi connectivity index (χ3v) is 6.07. The number of carbonyl (C=O) groups is 1. The number of benzene rings is 1. The number of aryl methyl sites for hydroxylation is 1. The fourth-order valence-corrected chi connectivity index (χ4v) is 4.86. The van der Waals surface area contributed by atoms with Crippen LogP contribution in [-0.2, 0) is 0 Å². The summed E-state index contributed by atoms with van der Waals surface area (Å²) < 4.78 is 1.67. The van der Waals surface area contributed by atoms with Crippen molar-refractivity contribution >= 4 is 17.5 Å². The molecule has 132 valence electrons. The van der Waals surface area contributed by atoms with Crippen molar-refractivity contribution in [3.63, 3.8) is 0 Å². The average Bonchev–Trinajstić information content (AvgIpc) is 2.96. The molecule has 1 amide bonds. The van der Waals surface area contributed by atoms with E-state index < -0.39 is 0 Å². The van der Waals surface area contributed by atoms with Crippen molar-refractivity contribution in [3.05, 3.63) is 46.7 Å². The van der Waals surface area contributed by atoms with Crippen LogP contribution < -0.4 is 0 Å². The van der Waals surface area contributed by atoms with E-state index in [0.29, 0.717) is 28.4 Å². The highest BCUT2D eigenvalue weighted by atomic mass is 35.5. The Balaban J connectivity index is 1.67. The van der Waals surface area contributed by atoms with Crippen LogP contribution in [-0.4, -0.2) is 33.2 Å². The van der Waals surface area contributed by atoms with Crippen LogP contribution in [0, 0.1) is 12.8 Å². The van der Waals surface area contributed by atoms with Gasteiger partial charge in [0.1, 0.15) is 5.15 Å². The van der Waals surface area contributed by atoms with Gasteiger partial charge in [0.2, 0.25) is 0 Å². The summed E-state index contributed by atoms with van der Waals surface area (Å²) in [6.45, 7) is 2.72. The Kier molecular flexibility index (Phi) is 4.55. The van der Waals surface area contributed by atoms with E-state index in [-0.39, 0.29) is 5.91 Å². The molecule has 2 heterocycles. The van der Waals surface area contributed by atoms with Crippen LogP contribution in [0.3, 0.4) is 0 Å². The van der Waals surface area contributed by atoms with Crippen molar-refractivity contribution in [1.82, 2.24) is 14.7 Å². The van der Waals surface area contributed by atoms with Crippen LogP contribution >= 0.6 is 11.6 Å². The lowest BCUT2D eigenvalue weighted by Crippen LogP contribution is -2.49. The summed E-state index contributed by atoms with van der Waals surface area (Å²) in [5.41, 5.74) is 2.15. The molecule has 0 N–H and O–H groups in total. The number of nitrogens with zero attached hydrogens (tertiary/aromatic N) is 3. The van der Waals surface area contributed by atoms with Gasteiger partial charge in [0.15, 0.2) is 0 Å². The molecule has 1 saturated heterocycles. The third kappa shape index (κ3) is 2.97. The van der Waals surface area contributed by atoms with Crippen molar-refractivity contribution in [2.45, 2.75) is 51.5 Å². The molecule has 0 spiro atoms. The Hall–Kier alpha value is -1.81. The molecule has 1 aliphatic carbocycles. The summed E-state index contributed by atoms with van der Waals surface area (Å²) >= 11 is 6.61. The van der Waals surface area contributed by atoms with E-state index >= 15 is 0 Å². The molecular formula is C20H24ClN3O. The second-order valence-corrected chi connectivity index (χ2v) is 7.61.